The molecule has 0 aromatic heterocycles. The second-order valence-electron chi connectivity index (χ2n) is 3.21. The van der Waals surface area contributed by atoms with Gasteiger partial charge in [-0.25, -0.2) is 4.79 Å². The van der Waals surface area contributed by atoms with Crippen LogP contribution in [0.3, 0.4) is 0 Å². The molecule has 0 aliphatic rings. The summed E-state index contributed by atoms with van der Waals surface area (Å²) in [4.78, 5) is 10.1. The highest BCUT2D eigenvalue weighted by atomic mass is 16.7. The molecule has 0 aromatic rings. The second-order valence-corrected chi connectivity index (χ2v) is 3.21. The van der Waals surface area contributed by atoms with E-state index in [0.717, 1.165) is 6.42 Å². The maximum Gasteiger partial charge on any atom is 0.505 e. The normalized spacial score (nSPS) is 14.6. The third-order valence-corrected chi connectivity index (χ3v) is 1.87. The first-order chi connectivity index (χ1) is 7.10. The van der Waals surface area contributed by atoms with Crippen molar-refractivity contribution in [2.45, 2.75) is 39.4 Å². The van der Waals surface area contributed by atoms with Crippen LogP contribution in [0.2, 0.25) is 0 Å². The van der Waals surface area contributed by atoms with Gasteiger partial charge >= 0.3 is 6.16 Å². The van der Waals surface area contributed by atoms with E-state index in [1.165, 1.54) is 0 Å². The van der Waals surface area contributed by atoms with Gasteiger partial charge in [0.2, 0.25) is 0 Å². The Kier molecular flexibility index (Phi) is 8.04. The van der Waals surface area contributed by atoms with Gasteiger partial charge < -0.3 is 19.3 Å². The van der Waals surface area contributed by atoms with Crippen molar-refractivity contribution in [1.82, 2.24) is 0 Å². The molecule has 0 radical (unpaired) electrons. The zero-order valence-corrected chi connectivity index (χ0v) is 9.56. The molecule has 5 nitrogen and oxygen atoms in total. The fourth-order valence-corrected chi connectivity index (χ4v) is 1.03. The van der Waals surface area contributed by atoms with E-state index in [9.17, 15) is 4.79 Å². The fourth-order valence-electron chi connectivity index (χ4n) is 1.03. The molecule has 0 amide bonds. The number of ether oxygens (including phenoxy) is 3. The van der Waals surface area contributed by atoms with Crippen LogP contribution in [0.1, 0.15) is 27.2 Å². The van der Waals surface area contributed by atoms with E-state index < -0.39 is 6.16 Å². The lowest BCUT2D eigenvalue weighted by Crippen LogP contribution is -2.25. The largest absolute Gasteiger partial charge is 0.505 e. The second kappa shape index (κ2) is 8.49. The number of hydrogen-bond acceptors (Lipinski definition) is 4. The lowest BCUT2D eigenvalue weighted by atomic mass is 10.3. The van der Waals surface area contributed by atoms with Crippen LogP contribution in [0.5, 0.6) is 0 Å². The molecular weight excluding hydrogens is 200 g/mol. The van der Waals surface area contributed by atoms with E-state index in [4.69, 9.17) is 14.6 Å². The standard InChI is InChI=1S/C10H20O5/c1-4-9(13-5-2)7-14-8(3)6-15-10(11)12/h8-9H,4-7H2,1-3H3,(H,11,12). The molecule has 0 aliphatic heterocycles. The van der Waals surface area contributed by atoms with Crippen LogP contribution in [-0.2, 0) is 14.2 Å². The van der Waals surface area contributed by atoms with Crippen molar-refractivity contribution in [1.29, 1.82) is 0 Å². The molecule has 0 aromatic carbocycles. The molecule has 15 heavy (non-hydrogen) atoms. The Morgan fingerprint density at radius 3 is 2.40 bits per heavy atom. The van der Waals surface area contributed by atoms with Gasteiger partial charge in [-0.2, -0.15) is 0 Å². The first kappa shape index (κ1) is 14.2. The zero-order valence-electron chi connectivity index (χ0n) is 9.56. The quantitative estimate of drug-likeness (QED) is 0.633. The average molecular weight is 220 g/mol. The van der Waals surface area contributed by atoms with Gasteiger partial charge in [0.25, 0.3) is 0 Å². The van der Waals surface area contributed by atoms with Crippen molar-refractivity contribution in [3.8, 4) is 0 Å². The highest BCUT2D eigenvalue weighted by molar-refractivity contribution is 5.56. The molecule has 0 rings (SSSR count). The predicted molar refractivity (Wildman–Crippen MR) is 55.1 cm³/mol. The van der Waals surface area contributed by atoms with Crippen molar-refractivity contribution in [3.63, 3.8) is 0 Å². The Hall–Kier alpha value is -0.810. The summed E-state index contributed by atoms with van der Waals surface area (Å²) in [5.74, 6) is 0. The van der Waals surface area contributed by atoms with Gasteiger partial charge in [-0.3, -0.25) is 0 Å². The number of hydrogen-bond donors (Lipinski definition) is 1. The zero-order chi connectivity index (χ0) is 11.7. The molecule has 2 atom stereocenters. The van der Waals surface area contributed by atoms with Crippen LogP contribution in [0.15, 0.2) is 0 Å². The van der Waals surface area contributed by atoms with Gasteiger partial charge in [-0.05, 0) is 20.3 Å². The minimum Gasteiger partial charge on any atom is -0.450 e. The maximum absolute atomic E-state index is 10.1. The molecule has 0 heterocycles. The summed E-state index contributed by atoms with van der Waals surface area (Å²) in [6.45, 7) is 6.89. The molecule has 1 N–H and O–H groups in total. The van der Waals surface area contributed by atoms with Crippen LogP contribution in [0.4, 0.5) is 4.79 Å². The maximum atomic E-state index is 10.1. The molecule has 5 heteroatoms. The van der Waals surface area contributed by atoms with E-state index in [2.05, 4.69) is 4.74 Å². The van der Waals surface area contributed by atoms with Crippen LogP contribution >= 0.6 is 0 Å². The minimum absolute atomic E-state index is 0.0535. The van der Waals surface area contributed by atoms with E-state index in [1.54, 1.807) is 6.92 Å². The van der Waals surface area contributed by atoms with Crippen LogP contribution in [0, 0.1) is 0 Å². The van der Waals surface area contributed by atoms with Crippen LogP contribution in [0.25, 0.3) is 0 Å². The fraction of sp³-hybridized carbons (Fsp3) is 0.900. The molecule has 2 unspecified atom stereocenters. The van der Waals surface area contributed by atoms with Crippen molar-refractivity contribution < 1.29 is 24.1 Å². The first-order valence-electron chi connectivity index (χ1n) is 5.19. The molecule has 0 spiro atoms. The topological polar surface area (TPSA) is 65.0 Å². The van der Waals surface area contributed by atoms with E-state index in [1.807, 2.05) is 13.8 Å². The van der Waals surface area contributed by atoms with Gasteiger partial charge in [0.05, 0.1) is 18.8 Å². The van der Waals surface area contributed by atoms with E-state index in [0.29, 0.717) is 13.2 Å². The van der Waals surface area contributed by atoms with Crippen molar-refractivity contribution in [3.05, 3.63) is 0 Å². The molecular formula is C10H20O5. The lowest BCUT2D eigenvalue weighted by Gasteiger charge is -2.18. The van der Waals surface area contributed by atoms with Gasteiger partial charge in [0.15, 0.2) is 0 Å². The Labute approximate surface area is 90.3 Å². The van der Waals surface area contributed by atoms with Gasteiger partial charge in [0, 0.05) is 6.61 Å². The van der Waals surface area contributed by atoms with Crippen LogP contribution < -0.4 is 0 Å². The van der Waals surface area contributed by atoms with Gasteiger partial charge in [-0.15, -0.1) is 0 Å². The SMILES string of the molecule is CCOC(CC)COC(C)COC(=O)O. The minimum atomic E-state index is -1.28. The van der Waals surface area contributed by atoms with Crippen molar-refractivity contribution >= 4 is 6.16 Å². The molecule has 0 aliphatic carbocycles. The lowest BCUT2D eigenvalue weighted by molar-refractivity contribution is -0.0555. The molecule has 0 fully saturated rings. The number of carboxylic acid groups (broad SMARTS) is 1. The molecule has 0 bridgehead atoms. The van der Waals surface area contributed by atoms with Gasteiger partial charge in [-0.1, -0.05) is 6.92 Å². The monoisotopic (exact) mass is 220 g/mol. The molecule has 0 saturated carbocycles. The Balaban J connectivity index is 3.58. The summed E-state index contributed by atoms with van der Waals surface area (Å²) in [5.41, 5.74) is 0. The average Bonchev–Trinajstić information content (AvgIpc) is 2.21. The van der Waals surface area contributed by atoms with Crippen LogP contribution in [-0.4, -0.2) is 43.3 Å². The predicted octanol–water partition coefficient (Wildman–Crippen LogP) is 1.90. The number of carbonyl (C=O) groups is 1. The first-order valence-corrected chi connectivity index (χ1v) is 5.19. The van der Waals surface area contributed by atoms with Crippen molar-refractivity contribution in [2.75, 3.05) is 19.8 Å². The number of rotatable bonds is 8. The Morgan fingerprint density at radius 2 is 1.93 bits per heavy atom. The van der Waals surface area contributed by atoms with E-state index in [-0.39, 0.29) is 18.8 Å². The third kappa shape index (κ3) is 8.20. The summed E-state index contributed by atoms with van der Waals surface area (Å²) in [6.07, 6.45) is -0.569. The van der Waals surface area contributed by atoms with Gasteiger partial charge in [0.1, 0.15) is 6.61 Å². The summed E-state index contributed by atoms with van der Waals surface area (Å²) >= 11 is 0. The Morgan fingerprint density at radius 1 is 1.27 bits per heavy atom. The molecule has 0 saturated heterocycles. The Bertz CT molecular complexity index is 171. The highest BCUT2D eigenvalue weighted by Gasteiger charge is 2.10. The van der Waals surface area contributed by atoms with E-state index >= 15 is 0 Å². The van der Waals surface area contributed by atoms with Crippen molar-refractivity contribution in [2.24, 2.45) is 0 Å². The summed E-state index contributed by atoms with van der Waals surface area (Å²) in [5, 5.41) is 8.27. The highest BCUT2D eigenvalue weighted by Crippen LogP contribution is 2.01. The third-order valence-electron chi connectivity index (χ3n) is 1.87. The molecule has 90 valence electrons. The summed E-state index contributed by atoms with van der Waals surface area (Å²) in [7, 11) is 0. The summed E-state index contributed by atoms with van der Waals surface area (Å²) in [6, 6.07) is 0. The smallest absolute Gasteiger partial charge is 0.450 e. The summed E-state index contributed by atoms with van der Waals surface area (Å²) < 4.78 is 15.1.